The van der Waals surface area contributed by atoms with E-state index in [0.717, 1.165) is 43.7 Å². The minimum atomic E-state index is 0.128. The fourth-order valence-electron chi connectivity index (χ4n) is 3.63. The van der Waals surface area contributed by atoms with Gasteiger partial charge in [-0.3, -0.25) is 4.79 Å². The Kier molecular flexibility index (Phi) is 3.65. The molecule has 1 unspecified atom stereocenters. The molecule has 0 bridgehead atoms. The van der Waals surface area contributed by atoms with Crippen LogP contribution in [-0.4, -0.2) is 33.9 Å². The summed E-state index contributed by atoms with van der Waals surface area (Å²) < 4.78 is 10.0. The first-order chi connectivity index (χ1) is 11.3. The predicted molar refractivity (Wildman–Crippen MR) is 79.9 cm³/mol. The standard InChI is InChI=1S/C16H20N4O3/c21-15(14-5-16(14)1-3-17-4-2-16)20(6-12-8-22-10-18-12)7-13-9-23-11-19-13/h8-11,14,17H,1-7H2. The quantitative estimate of drug-likeness (QED) is 0.901. The van der Waals surface area contributed by atoms with Crippen LogP contribution in [0.5, 0.6) is 0 Å². The summed E-state index contributed by atoms with van der Waals surface area (Å²) in [6.45, 7) is 2.90. The van der Waals surface area contributed by atoms with E-state index < -0.39 is 0 Å². The lowest BCUT2D eigenvalue weighted by Crippen LogP contribution is -2.36. The maximum atomic E-state index is 13.0. The largest absolute Gasteiger partial charge is 0.451 e. The van der Waals surface area contributed by atoms with Gasteiger partial charge in [-0.2, -0.15) is 0 Å². The van der Waals surface area contributed by atoms with Gasteiger partial charge in [0.15, 0.2) is 12.8 Å². The summed E-state index contributed by atoms with van der Waals surface area (Å²) >= 11 is 0. The van der Waals surface area contributed by atoms with E-state index in [2.05, 4.69) is 15.3 Å². The molecule has 1 atom stereocenters. The van der Waals surface area contributed by atoms with Gasteiger partial charge in [0.25, 0.3) is 0 Å². The van der Waals surface area contributed by atoms with Gasteiger partial charge >= 0.3 is 0 Å². The number of carbonyl (C=O) groups excluding carboxylic acids is 1. The highest BCUT2D eigenvalue weighted by molar-refractivity contribution is 5.82. The van der Waals surface area contributed by atoms with Crippen LogP contribution in [-0.2, 0) is 17.9 Å². The van der Waals surface area contributed by atoms with Crippen molar-refractivity contribution < 1.29 is 13.6 Å². The third kappa shape index (κ3) is 2.88. The number of rotatable bonds is 5. The molecular weight excluding hydrogens is 296 g/mol. The van der Waals surface area contributed by atoms with Crippen molar-refractivity contribution in [3.63, 3.8) is 0 Å². The van der Waals surface area contributed by atoms with Crippen LogP contribution >= 0.6 is 0 Å². The lowest BCUT2D eigenvalue weighted by atomic mass is 9.91. The molecule has 2 fully saturated rings. The fraction of sp³-hybridized carbons (Fsp3) is 0.562. The van der Waals surface area contributed by atoms with E-state index in [1.165, 1.54) is 12.8 Å². The first-order valence-electron chi connectivity index (χ1n) is 8.00. The van der Waals surface area contributed by atoms with E-state index in [4.69, 9.17) is 8.83 Å². The molecule has 0 aromatic carbocycles. The van der Waals surface area contributed by atoms with E-state index in [9.17, 15) is 4.79 Å². The second-order valence-corrected chi connectivity index (χ2v) is 6.52. The van der Waals surface area contributed by atoms with Crippen LogP contribution in [0.25, 0.3) is 0 Å². The van der Waals surface area contributed by atoms with E-state index in [1.807, 2.05) is 4.90 Å². The molecule has 0 radical (unpaired) electrons. The van der Waals surface area contributed by atoms with Gasteiger partial charge < -0.3 is 19.1 Å². The molecule has 1 saturated carbocycles. The zero-order chi connectivity index (χ0) is 15.7. The number of nitrogens with zero attached hydrogens (tertiary/aromatic N) is 3. The maximum Gasteiger partial charge on any atom is 0.226 e. The van der Waals surface area contributed by atoms with Crippen LogP contribution in [0.15, 0.2) is 34.1 Å². The van der Waals surface area contributed by atoms with Crippen LogP contribution in [0.2, 0.25) is 0 Å². The average molecular weight is 316 g/mol. The van der Waals surface area contributed by atoms with E-state index in [-0.39, 0.29) is 17.2 Å². The monoisotopic (exact) mass is 316 g/mol. The molecule has 1 N–H and O–H groups in total. The lowest BCUT2D eigenvalue weighted by Gasteiger charge is -2.26. The fourth-order valence-corrected chi connectivity index (χ4v) is 3.63. The minimum absolute atomic E-state index is 0.128. The second kappa shape index (κ2) is 5.81. The Bertz CT molecular complexity index is 611. The molecule has 1 amide bonds. The highest BCUT2D eigenvalue weighted by atomic mass is 16.3. The Labute approximate surface area is 134 Å². The van der Waals surface area contributed by atoms with Crippen molar-refractivity contribution in [2.75, 3.05) is 13.1 Å². The smallest absolute Gasteiger partial charge is 0.226 e. The van der Waals surface area contributed by atoms with Gasteiger partial charge in [0.1, 0.15) is 12.5 Å². The van der Waals surface area contributed by atoms with Gasteiger partial charge in [0.2, 0.25) is 5.91 Å². The first-order valence-corrected chi connectivity index (χ1v) is 8.00. The number of amides is 1. The number of aromatic nitrogens is 2. The normalized spacial score (nSPS) is 22.2. The molecule has 1 aliphatic carbocycles. The molecule has 23 heavy (non-hydrogen) atoms. The van der Waals surface area contributed by atoms with Crippen LogP contribution in [0, 0.1) is 11.3 Å². The molecule has 3 heterocycles. The van der Waals surface area contributed by atoms with Crippen molar-refractivity contribution in [3.8, 4) is 0 Å². The molecule has 4 rings (SSSR count). The summed E-state index contributed by atoms with van der Waals surface area (Å²) in [4.78, 5) is 23.1. The number of oxazole rings is 2. The van der Waals surface area contributed by atoms with Crippen molar-refractivity contribution in [3.05, 3.63) is 36.7 Å². The Morgan fingerprint density at radius 1 is 1.17 bits per heavy atom. The summed E-state index contributed by atoms with van der Waals surface area (Å²) in [6, 6.07) is 0. The van der Waals surface area contributed by atoms with E-state index in [0.29, 0.717) is 13.1 Å². The first kappa shape index (κ1) is 14.4. The van der Waals surface area contributed by atoms with Gasteiger partial charge in [0.05, 0.1) is 24.5 Å². The van der Waals surface area contributed by atoms with Crippen LogP contribution in [0.4, 0.5) is 0 Å². The topological polar surface area (TPSA) is 84.4 Å². The molecule has 7 nitrogen and oxygen atoms in total. The summed E-state index contributed by atoms with van der Waals surface area (Å²) in [5.41, 5.74) is 1.72. The van der Waals surface area contributed by atoms with Crippen molar-refractivity contribution in [1.29, 1.82) is 0 Å². The zero-order valence-electron chi connectivity index (χ0n) is 12.9. The minimum Gasteiger partial charge on any atom is -0.451 e. The number of carbonyl (C=O) groups is 1. The van der Waals surface area contributed by atoms with Crippen molar-refractivity contribution in [2.45, 2.75) is 32.4 Å². The predicted octanol–water partition coefficient (Wildman–Crippen LogP) is 1.58. The number of piperidine rings is 1. The van der Waals surface area contributed by atoms with Crippen LogP contribution < -0.4 is 5.32 Å². The Morgan fingerprint density at radius 3 is 2.30 bits per heavy atom. The van der Waals surface area contributed by atoms with E-state index >= 15 is 0 Å². The van der Waals surface area contributed by atoms with Gasteiger partial charge in [-0.1, -0.05) is 0 Å². The van der Waals surface area contributed by atoms with Crippen molar-refractivity contribution >= 4 is 5.91 Å². The van der Waals surface area contributed by atoms with Gasteiger partial charge in [-0.15, -0.1) is 0 Å². The SMILES string of the molecule is O=C(C1CC12CCNCC2)N(Cc1cocn1)Cc1cocn1. The lowest BCUT2D eigenvalue weighted by molar-refractivity contribution is -0.135. The summed E-state index contributed by atoms with van der Waals surface area (Å²) in [7, 11) is 0. The second-order valence-electron chi connectivity index (χ2n) is 6.52. The summed E-state index contributed by atoms with van der Waals surface area (Å²) in [5.74, 6) is 0.321. The molecular formula is C16H20N4O3. The van der Waals surface area contributed by atoms with E-state index in [1.54, 1.807) is 12.5 Å². The maximum absolute atomic E-state index is 13.0. The van der Waals surface area contributed by atoms with Gasteiger partial charge in [-0.25, -0.2) is 9.97 Å². The average Bonchev–Trinajstić information content (AvgIpc) is 2.99. The molecule has 7 heteroatoms. The van der Waals surface area contributed by atoms with Crippen molar-refractivity contribution in [2.24, 2.45) is 11.3 Å². The molecule has 2 aromatic heterocycles. The molecule has 2 aliphatic rings. The Balaban J connectivity index is 1.49. The molecule has 1 saturated heterocycles. The molecule has 1 spiro atoms. The molecule has 1 aliphatic heterocycles. The number of nitrogens with one attached hydrogen (secondary N) is 1. The van der Waals surface area contributed by atoms with Gasteiger partial charge in [0, 0.05) is 5.92 Å². The number of hydrogen-bond donors (Lipinski definition) is 1. The van der Waals surface area contributed by atoms with Crippen LogP contribution in [0.3, 0.4) is 0 Å². The van der Waals surface area contributed by atoms with Crippen molar-refractivity contribution in [1.82, 2.24) is 20.2 Å². The molecule has 122 valence electrons. The highest BCUT2D eigenvalue weighted by Crippen LogP contribution is 2.59. The molecule has 2 aromatic rings. The third-order valence-electron chi connectivity index (χ3n) is 5.07. The third-order valence-corrected chi connectivity index (χ3v) is 5.07. The number of hydrogen-bond acceptors (Lipinski definition) is 6. The van der Waals surface area contributed by atoms with Crippen LogP contribution in [0.1, 0.15) is 30.7 Å². The highest BCUT2D eigenvalue weighted by Gasteiger charge is 2.58. The zero-order valence-corrected chi connectivity index (χ0v) is 12.9. The summed E-state index contributed by atoms with van der Waals surface area (Å²) in [6.07, 6.45) is 9.11. The van der Waals surface area contributed by atoms with Gasteiger partial charge in [-0.05, 0) is 37.8 Å². The Morgan fingerprint density at radius 2 is 1.78 bits per heavy atom. The summed E-state index contributed by atoms with van der Waals surface area (Å²) in [5, 5.41) is 3.37. The Hall–Kier alpha value is -2.15.